The Morgan fingerprint density at radius 3 is 2.47 bits per heavy atom. The summed E-state index contributed by atoms with van der Waals surface area (Å²) < 4.78 is 0. The SMILES string of the molecule is CCc1nc(N)cc(-c2ccc(C3CCC3)cc2)n1. The number of rotatable bonds is 3. The van der Waals surface area contributed by atoms with Gasteiger partial charge in [-0.15, -0.1) is 0 Å². The normalized spacial score (nSPS) is 15.2. The van der Waals surface area contributed by atoms with Gasteiger partial charge in [-0.1, -0.05) is 37.6 Å². The van der Waals surface area contributed by atoms with Crippen LogP contribution in [0.2, 0.25) is 0 Å². The fraction of sp³-hybridized carbons (Fsp3) is 0.375. The predicted molar refractivity (Wildman–Crippen MR) is 77.9 cm³/mol. The van der Waals surface area contributed by atoms with Crippen LogP contribution in [0, 0.1) is 0 Å². The number of nitrogen functional groups attached to an aromatic ring is 1. The van der Waals surface area contributed by atoms with Crippen molar-refractivity contribution >= 4 is 5.82 Å². The first kappa shape index (κ1) is 12.2. The maximum absolute atomic E-state index is 5.83. The average Bonchev–Trinajstić information content (AvgIpc) is 2.37. The van der Waals surface area contributed by atoms with Crippen LogP contribution in [0.1, 0.15) is 43.5 Å². The highest BCUT2D eigenvalue weighted by atomic mass is 14.9. The van der Waals surface area contributed by atoms with Crippen molar-refractivity contribution in [2.24, 2.45) is 0 Å². The molecule has 3 nitrogen and oxygen atoms in total. The maximum atomic E-state index is 5.83. The molecular formula is C16H19N3. The minimum Gasteiger partial charge on any atom is -0.384 e. The molecule has 1 saturated carbocycles. The third kappa shape index (κ3) is 2.46. The van der Waals surface area contributed by atoms with E-state index in [4.69, 9.17) is 5.73 Å². The zero-order valence-electron chi connectivity index (χ0n) is 11.3. The van der Waals surface area contributed by atoms with Gasteiger partial charge in [-0.3, -0.25) is 0 Å². The van der Waals surface area contributed by atoms with Crippen LogP contribution in [0.4, 0.5) is 5.82 Å². The van der Waals surface area contributed by atoms with Gasteiger partial charge in [0.1, 0.15) is 11.6 Å². The van der Waals surface area contributed by atoms with Gasteiger partial charge in [0.15, 0.2) is 0 Å². The highest BCUT2D eigenvalue weighted by molar-refractivity contribution is 5.62. The number of nitrogens with zero attached hydrogens (tertiary/aromatic N) is 2. The monoisotopic (exact) mass is 253 g/mol. The first-order valence-corrected chi connectivity index (χ1v) is 7.00. The summed E-state index contributed by atoms with van der Waals surface area (Å²) in [6.45, 7) is 2.04. The highest BCUT2D eigenvalue weighted by Gasteiger charge is 2.19. The quantitative estimate of drug-likeness (QED) is 0.910. The molecule has 0 atom stereocenters. The summed E-state index contributed by atoms with van der Waals surface area (Å²) in [6, 6.07) is 10.6. The first-order valence-electron chi connectivity index (χ1n) is 7.00. The molecule has 3 heteroatoms. The summed E-state index contributed by atoms with van der Waals surface area (Å²) in [5, 5.41) is 0. The van der Waals surface area contributed by atoms with Gasteiger partial charge in [0.2, 0.25) is 0 Å². The van der Waals surface area contributed by atoms with Crippen molar-refractivity contribution in [2.45, 2.75) is 38.5 Å². The Morgan fingerprint density at radius 2 is 1.89 bits per heavy atom. The molecule has 0 unspecified atom stereocenters. The molecule has 0 saturated heterocycles. The zero-order valence-corrected chi connectivity index (χ0v) is 11.3. The van der Waals surface area contributed by atoms with Crippen molar-refractivity contribution in [1.82, 2.24) is 9.97 Å². The van der Waals surface area contributed by atoms with Crippen LogP contribution in [-0.4, -0.2) is 9.97 Å². The Hall–Kier alpha value is -1.90. The second-order valence-corrected chi connectivity index (χ2v) is 5.20. The van der Waals surface area contributed by atoms with Crippen molar-refractivity contribution < 1.29 is 0 Å². The smallest absolute Gasteiger partial charge is 0.131 e. The lowest BCUT2D eigenvalue weighted by molar-refractivity contribution is 0.420. The topological polar surface area (TPSA) is 51.8 Å². The van der Waals surface area contributed by atoms with Crippen LogP contribution in [0.15, 0.2) is 30.3 Å². The molecule has 1 fully saturated rings. The van der Waals surface area contributed by atoms with E-state index in [1.807, 2.05) is 13.0 Å². The van der Waals surface area contributed by atoms with Crippen molar-refractivity contribution in [1.29, 1.82) is 0 Å². The van der Waals surface area contributed by atoms with Crippen LogP contribution in [-0.2, 0) is 6.42 Å². The lowest BCUT2D eigenvalue weighted by atomic mass is 9.80. The molecule has 1 aromatic carbocycles. The van der Waals surface area contributed by atoms with Crippen LogP contribution >= 0.6 is 0 Å². The molecular weight excluding hydrogens is 234 g/mol. The summed E-state index contributed by atoms with van der Waals surface area (Å²) in [5.74, 6) is 2.12. The number of hydrogen-bond acceptors (Lipinski definition) is 3. The summed E-state index contributed by atoms with van der Waals surface area (Å²) in [5.41, 5.74) is 9.32. The molecule has 3 rings (SSSR count). The van der Waals surface area contributed by atoms with E-state index >= 15 is 0 Å². The highest BCUT2D eigenvalue weighted by Crippen LogP contribution is 2.36. The zero-order chi connectivity index (χ0) is 13.2. The Morgan fingerprint density at radius 1 is 1.16 bits per heavy atom. The summed E-state index contributed by atoms with van der Waals surface area (Å²) in [4.78, 5) is 8.75. The van der Waals surface area contributed by atoms with Crippen molar-refractivity contribution in [2.75, 3.05) is 5.73 Å². The van der Waals surface area contributed by atoms with Gasteiger partial charge < -0.3 is 5.73 Å². The van der Waals surface area contributed by atoms with Gasteiger partial charge >= 0.3 is 0 Å². The number of aryl methyl sites for hydroxylation is 1. The molecule has 1 aliphatic carbocycles. The van der Waals surface area contributed by atoms with Crippen molar-refractivity contribution in [3.05, 3.63) is 41.7 Å². The molecule has 0 bridgehead atoms. The van der Waals surface area contributed by atoms with E-state index in [1.54, 1.807) is 0 Å². The van der Waals surface area contributed by atoms with Gasteiger partial charge in [0.25, 0.3) is 0 Å². The van der Waals surface area contributed by atoms with Crippen LogP contribution < -0.4 is 5.73 Å². The molecule has 19 heavy (non-hydrogen) atoms. The molecule has 0 aliphatic heterocycles. The number of nitrogens with two attached hydrogens (primary N) is 1. The third-order valence-electron chi connectivity index (χ3n) is 3.89. The summed E-state index contributed by atoms with van der Waals surface area (Å²) >= 11 is 0. The Bertz CT molecular complexity index is 571. The summed E-state index contributed by atoms with van der Waals surface area (Å²) in [6.07, 6.45) is 4.84. The van der Waals surface area contributed by atoms with E-state index in [2.05, 4.69) is 34.2 Å². The fourth-order valence-electron chi connectivity index (χ4n) is 2.49. The maximum Gasteiger partial charge on any atom is 0.131 e. The minimum atomic E-state index is 0.546. The van der Waals surface area contributed by atoms with Gasteiger partial charge in [0, 0.05) is 18.1 Å². The van der Waals surface area contributed by atoms with Gasteiger partial charge in [-0.25, -0.2) is 9.97 Å². The number of anilines is 1. The molecule has 0 radical (unpaired) electrons. The van der Waals surface area contributed by atoms with Gasteiger partial charge in [-0.2, -0.15) is 0 Å². The third-order valence-corrected chi connectivity index (χ3v) is 3.89. The molecule has 1 aliphatic rings. The van der Waals surface area contributed by atoms with E-state index in [0.29, 0.717) is 5.82 Å². The van der Waals surface area contributed by atoms with E-state index in [0.717, 1.165) is 29.4 Å². The fourth-order valence-corrected chi connectivity index (χ4v) is 2.49. The molecule has 98 valence electrons. The molecule has 0 spiro atoms. The van der Waals surface area contributed by atoms with Crippen molar-refractivity contribution in [3.8, 4) is 11.3 Å². The number of hydrogen-bond donors (Lipinski definition) is 1. The molecule has 2 N–H and O–H groups in total. The van der Waals surface area contributed by atoms with Gasteiger partial charge in [-0.05, 0) is 24.3 Å². The molecule has 2 aromatic rings. The van der Waals surface area contributed by atoms with Crippen LogP contribution in [0.25, 0.3) is 11.3 Å². The average molecular weight is 253 g/mol. The van der Waals surface area contributed by atoms with Gasteiger partial charge in [0.05, 0.1) is 5.69 Å². The number of aromatic nitrogens is 2. The minimum absolute atomic E-state index is 0.546. The largest absolute Gasteiger partial charge is 0.384 e. The Balaban J connectivity index is 1.90. The number of benzene rings is 1. The lowest BCUT2D eigenvalue weighted by Gasteiger charge is -2.25. The predicted octanol–water partition coefficient (Wildman–Crippen LogP) is 3.56. The van der Waals surface area contributed by atoms with E-state index in [-0.39, 0.29) is 0 Å². The standard InChI is InChI=1S/C16H19N3/c1-2-16-18-14(10-15(17)19-16)13-8-6-12(7-9-13)11-4-3-5-11/h6-11H,2-5H2,1H3,(H2,17,18,19). The first-order chi connectivity index (χ1) is 9.26. The van der Waals surface area contributed by atoms with Crippen LogP contribution in [0.5, 0.6) is 0 Å². The molecule has 1 heterocycles. The molecule has 1 aromatic heterocycles. The van der Waals surface area contributed by atoms with E-state index < -0.39 is 0 Å². The lowest BCUT2D eigenvalue weighted by Crippen LogP contribution is -2.08. The van der Waals surface area contributed by atoms with Crippen LogP contribution in [0.3, 0.4) is 0 Å². The second kappa shape index (κ2) is 5.00. The Labute approximate surface area is 113 Å². The molecule has 0 amide bonds. The van der Waals surface area contributed by atoms with E-state index in [1.165, 1.54) is 24.8 Å². The Kier molecular flexibility index (Phi) is 3.20. The van der Waals surface area contributed by atoms with Crippen molar-refractivity contribution in [3.63, 3.8) is 0 Å². The summed E-state index contributed by atoms with van der Waals surface area (Å²) in [7, 11) is 0. The second-order valence-electron chi connectivity index (χ2n) is 5.20. The van der Waals surface area contributed by atoms with E-state index in [9.17, 15) is 0 Å².